The molecule has 1 aromatic carbocycles. The predicted molar refractivity (Wildman–Crippen MR) is 94.7 cm³/mol. The minimum atomic E-state index is -0.146. The highest BCUT2D eigenvalue weighted by molar-refractivity contribution is 5.74. The Hall–Kier alpha value is -1.99. The summed E-state index contributed by atoms with van der Waals surface area (Å²) in [5.41, 5.74) is 1.02. The van der Waals surface area contributed by atoms with Crippen LogP contribution in [-0.4, -0.2) is 63.3 Å². The fraction of sp³-hybridized carbons (Fsp3) is 0.632. The molecule has 1 aromatic rings. The van der Waals surface area contributed by atoms with E-state index in [4.69, 9.17) is 18.9 Å². The van der Waals surface area contributed by atoms with Crippen LogP contribution in [0.3, 0.4) is 0 Å². The van der Waals surface area contributed by atoms with E-state index in [1.807, 2.05) is 17.9 Å². The zero-order valence-corrected chi connectivity index (χ0v) is 15.2. The Balaban J connectivity index is 1.49. The second kappa shape index (κ2) is 7.32. The Morgan fingerprint density at radius 3 is 2.85 bits per heavy atom. The van der Waals surface area contributed by atoms with Crippen molar-refractivity contribution in [3.63, 3.8) is 0 Å². The standard InChI is InChI=1S/C19H26N2O5/c1-14-11-21(6-9-24-14)18(22)20-12-19(4-7-23-8-5-19)15-2-3-16-17(10-15)26-13-25-16/h2-3,10,14H,4-9,11-13H2,1H3,(H,20,22). The number of nitrogens with one attached hydrogen (secondary N) is 1. The molecular formula is C19H26N2O5. The van der Waals surface area contributed by atoms with Crippen LogP contribution in [0, 0.1) is 0 Å². The van der Waals surface area contributed by atoms with Gasteiger partial charge in [0.2, 0.25) is 6.79 Å². The van der Waals surface area contributed by atoms with E-state index in [1.165, 1.54) is 5.56 Å². The van der Waals surface area contributed by atoms with Crippen LogP contribution in [0.25, 0.3) is 0 Å². The van der Waals surface area contributed by atoms with Crippen molar-refractivity contribution in [3.05, 3.63) is 23.8 Å². The van der Waals surface area contributed by atoms with Gasteiger partial charge < -0.3 is 29.2 Å². The summed E-state index contributed by atoms with van der Waals surface area (Å²) in [6.07, 6.45) is 1.82. The second-order valence-corrected chi connectivity index (χ2v) is 7.25. The summed E-state index contributed by atoms with van der Waals surface area (Å²) in [7, 11) is 0. The highest BCUT2D eigenvalue weighted by atomic mass is 16.7. The molecule has 3 aliphatic rings. The van der Waals surface area contributed by atoms with E-state index in [2.05, 4.69) is 17.4 Å². The average molecular weight is 362 g/mol. The van der Waals surface area contributed by atoms with E-state index in [-0.39, 0.29) is 24.3 Å². The fourth-order valence-electron chi connectivity index (χ4n) is 3.92. The molecule has 0 aliphatic carbocycles. The number of rotatable bonds is 3. The molecule has 0 aromatic heterocycles. The Labute approximate surface area is 153 Å². The quantitative estimate of drug-likeness (QED) is 0.889. The van der Waals surface area contributed by atoms with Crippen LogP contribution in [-0.2, 0) is 14.9 Å². The number of ether oxygens (including phenoxy) is 4. The normalized spacial score (nSPS) is 24.3. The van der Waals surface area contributed by atoms with Gasteiger partial charge >= 0.3 is 6.03 Å². The molecule has 0 spiro atoms. The first kappa shape index (κ1) is 17.4. The number of benzene rings is 1. The number of carbonyl (C=O) groups is 1. The minimum Gasteiger partial charge on any atom is -0.454 e. The van der Waals surface area contributed by atoms with Gasteiger partial charge in [0, 0.05) is 38.3 Å². The summed E-state index contributed by atoms with van der Waals surface area (Å²) in [6, 6.07) is 6.07. The molecule has 1 unspecified atom stereocenters. The van der Waals surface area contributed by atoms with E-state index < -0.39 is 0 Å². The van der Waals surface area contributed by atoms with Gasteiger partial charge in [0.05, 0.1) is 12.7 Å². The second-order valence-electron chi connectivity index (χ2n) is 7.25. The Bertz CT molecular complexity index is 659. The highest BCUT2D eigenvalue weighted by Crippen LogP contribution is 2.40. The highest BCUT2D eigenvalue weighted by Gasteiger charge is 2.36. The van der Waals surface area contributed by atoms with Gasteiger partial charge in [-0.3, -0.25) is 0 Å². The maximum Gasteiger partial charge on any atom is 0.317 e. The summed E-state index contributed by atoms with van der Waals surface area (Å²) in [6.45, 7) is 6.09. The van der Waals surface area contributed by atoms with Gasteiger partial charge in [-0.1, -0.05) is 6.07 Å². The van der Waals surface area contributed by atoms with Gasteiger partial charge in [-0.05, 0) is 37.5 Å². The third kappa shape index (κ3) is 3.46. The molecule has 0 bridgehead atoms. The number of fused-ring (bicyclic) bond motifs is 1. The van der Waals surface area contributed by atoms with Gasteiger partial charge in [0.1, 0.15) is 0 Å². The molecule has 142 valence electrons. The number of urea groups is 1. The third-order valence-corrected chi connectivity index (χ3v) is 5.54. The van der Waals surface area contributed by atoms with Crippen LogP contribution >= 0.6 is 0 Å². The van der Waals surface area contributed by atoms with Crippen LogP contribution < -0.4 is 14.8 Å². The van der Waals surface area contributed by atoms with Crippen LogP contribution in [0.4, 0.5) is 4.79 Å². The molecule has 26 heavy (non-hydrogen) atoms. The SMILES string of the molecule is CC1CN(C(=O)NCC2(c3ccc4c(c3)OCO4)CCOCC2)CCO1. The lowest BCUT2D eigenvalue weighted by Crippen LogP contribution is -2.52. The third-order valence-electron chi connectivity index (χ3n) is 5.54. The number of amides is 2. The van der Waals surface area contributed by atoms with Crippen LogP contribution in [0.5, 0.6) is 11.5 Å². The van der Waals surface area contributed by atoms with E-state index in [0.29, 0.717) is 39.5 Å². The van der Waals surface area contributed by atoms with Gasteiger partial charge in [0.15, 0.2) is 11.5 Å². The van der Waals surface area contributed by atoms with Crippen molar-refractivity contribution in [2.24, 2.45) is 0 Å². The van der Waals surface area contributed by atoms with Crippen LogP contribution in [0.2, 0.25) is 0 Å². The van der Waals surface area contributed by atoms with Crippen molar-refractivity contribution >= 4 is 6.03 Å². The Morgan fingerprint density at radius 2 is 2.04 bits per heavy atom. The summed E-state index contributed by atoms with van der Waals surface area (Å²) >= 11 is 0. The lowest BCUT2D eigenvalue weighted by atomic mass is 9.74. The zero-order valence-electron chi connectivity index (χ0n) is 15.2. The van der Waals surface area contributed by atoms with Crippen molar-refractivity contribution in [3.8, 4) is 11.5 Å². The van der Waals surface area contributed by atoms with Crippen molar-refractivity contribution in [1.82, 2.24) is 10.2 Å². The first-order chi connectivity index (χ1) is 12.7. The topological polar surface area (TPSA) is 69.3 Å². The zero-order chi connectivity index (χ0) is 18.0. The van der Waals surface area contributed by atoms with Gasteiger partial charge in [0.25, 0.3) is 0 Å². The molecular weight excluding hydrogens is 336 g/mol. The molecule has 1 N–H and O–H groups in total. The lowest BCUT2D eigenvalue weighted by molar-refractivity contribution is -0.00419. The van der Waals surface area contributed by atoms with E-state index in [9.17, 15) is 4.79 Å². The molecule has 3 heterocycles. The van der Waals surface area contributed by atoms with Gasteiger partial charge in [-0.2, -0.15) is 0 Å². The van der Waals surface area contributed by atoms with Crippen molar-refractivity contribution < 1.29 is 23.7 Å². The van der Waals surface area contributed by atoms with Gasteiger partial charge in [-0.25, -0.2) is 4.79 Å². The molecule has 2 fully saturated rings. The molecule has 4 rings (SSSR count). The maximum absolute atomic E-state index is 12.6. The number of carbonyl (C=O) groups excluding carboxylic acids is 1. The van der Waals surface area contributed by atoms with E-state index in [0.717, 1.165) is 24.3 Å². The summed E-state index contributed by atoms with van der Waals surface area (Å²) in [5.74, 6) is 1.56. The lowest BCUT2D eigenvalue weighted by Gasteiger charge is -2.39. The summed E-state index contributed by atoms with van der Waals surface area (Å²) < 4.78 is 22.1. The van der Waals surface area contributed by atoms with Crippen molar-refractivity contribution in [1.29, 1.82) is 0 Å². The Morgan fingerprint density at radius 1 is 1.23 bits per heavy atom. The monoisotopic (exact) mass is 362 g/mol. The maximum atomic E-state index is 12.6. The smallest absolute Gasteiger partial charge is 0.317 e. The molecule has 0 saturated carbocycles. The van der Waals surface area contributed by atoms with Gasteiger partial charge in [-0.15, -0.1) is 0 Å². The number of nitrogens with zero attached hydrogens (tertiary/aromatic N) is 1. The van der Waals surface area contributed by atoms with Crippen molar-refractivity contribution in [2.75, 3.05) is 46.2 Å². The summed E-state index contributed by atoms with van der Waals surface area (Å²) in [4.78, 5) is 14.5. The largest absolute Gasteiger partial charge is 0.454 e. The van der Waals surface area contributed by atoms with Crippen LogP contribution in [0.1, 0.15) is 25.3 Å². The predicted octanol–water partition coefficient (Wildman–Crippen LogP) is 1.89. The molecule has 2 amide bonds. The van der Waals surface area contributed by atoms with Crippen molar-refractivity contribution in [2.45, 2.75) is 31.3 Å². The molecule has 2 saturated heterocycles. The molecule has 3 aliphatic heterocycles. The molecule has 1 atom stereocenters. The fourth-order valence-corrected chi connectivity index (χ4v) is 3.92. The average Bonchev–Trinajstić information content (AvgIpc) is 3.15. The number of morpholine rings is 1. The molecule has 0 radical (unpaired) electrons. The van der Waals surface area contributed by atoms with E-state index in [1.54, 1.807) is 0 Å². The minimum absolute atomic E-state index is 0.0215. The molecule has 7 heteroatoms. The first-order valence-electron chi connectivity index (χ1n) is 9.29. The number of hydrogen-bond acceptors (Lipinski definition) is 5. The summed E-state index contributed by atoms with van der Waals surface area (Å²) in [5, 5.41) is 3.15. The molecule has 7 nitrogen and oxygen atoms in total. The van der Waals surface area contributed by atoms with Crippen LogP contribution in [0.15, 0.2) is 18.2 Å². The van der Waals surface area contributed by atoms with E-state index >= 15 is 0 Å². The Kier molecular flexibility index (Phi) is 4.91. The first-order valence-corrected chi connectivity index (χ1v) is 9.29. The number of hydrogen-bond donors (Lipinski definition) is 1.